The van der Waals surface area contributed by atoms with Gasteiger partial charge in [0, 0.05) is 35.6 Å². The van der Waals surface area contributed by atoms with Crippen LogP contribution < -0.4 is 0 Å². The first-order chi connectivity index (χ1) is 26.0. The van der Waals surface area contributed by atoms with E-state index in [0.717, 1.165) is 80.3 Å². The van der Waals surface area contributed by atoms with Crippen molar-refractivity contribution < 1.29 is 21.2 Å². The van der Waals surface area contributed by atoms with Crippen LogP contribution in [0.1, 0.15) is 211 Å². The molecule has 1 aliphatic heterocycles. The van der Waals surface area contributed by atoms with Gasteiger partial charge >= 0.3 is 16.5 Å². The Morgan fingerprint density at radius 3 is 1.54 bits per heavy atom. The Bertz CT molecular complexity index is 1320. The predicted molar refractivity (Wildman–Crippen MR) is 236 cm³/mol. The van der Waals surface area contributed by atoms with Gasteiger partial charge in [-0.2, -0.15) is 12.8 Å². The SMILES string of the molecule is CCCCCCCCCCCCCCCCCC#CCCc1ccccc1C1=CC(CCCC)=C(c2ccc(CCCC)cc2)[N+]1=[N-].[CH2-]CC.[CH2-]CC.[Ni+2]. The van der Waals surface area contributed by atoms with Gasteiger partial charge in [-0.1, -0.05) is 168 Å². The smallest absolute Gasteiger partial charge is 0.493 e. The van der Waals surface area contributed by atoms with E-state index in [1.807, 2.05) is 13.8 Å². The van der Waals surface area contributed by atoms with Crippen LogP contribution in [0.3, 0.4) is 0 Å². The second-order valence-electron chi connectivity index (χ2n) is 14.8. The zero-order valence-corrected chi connectivity index (χ0v) is 36.7. The molecule has 0 amide bonds. The summed E-state index contributed by atoms with van der Waals surface area (Å²) >= 11 is 0. The molecule has 2 nitrogen and oxygen atoms in total. The van der Waals surface area contributed by atoms with Crippen LogP contribution in [0.25, 0.3) is 16.9 Å². The zero-order valence-electron chi connectivity index (χ0n) is 35.7. The van der Waals surface area contributed by atoms with Crippen LogP contribution in [0.5, 0.6) is 0 Å². The molecule has 0 saturated carbocycles. The largest absolute Gasteiger partial charge is 2.00 e. The average Bonchev–Trinajstić information content (AvgIpc) is 3.50. The Kier molecular flexibility index (Phi) is 34.6. The van der Waals surface area contributed by atoms with Gasteiger partial charge in [0.2, 0.25) is 11.4 Å². The van der Waals surface area contributed by atoms with E-state index in [1.165, 1.54) is 131 Å². The predicted octanol–water partition coefficient (Wildman–Crippen LogP) is 16.7. The summed E-state index contributed by atoms with van der Waals surface area (Å²) in [5.41, 5.74) is 19.5. The number of rotatable bonds is 25. The quantitative estimate of drug-likeness (QED) is 0.0315. The third kappa shape index (κ3) is 22.8. The Hall–Kier alpha value is -2.43. The molecule has 0 bridgehead atoms. The Morgan fingerprint density at radius 1 is 0.537 bits per heavy atom. The second kappa shape index (κ2) is 36.2. The number of allylic oxidation sites excluding steroid dienone is 2. The Morgan fingerprint density at radius 2 is 1.00 bits per heavy atom. The van der Waals surface area contributed by atoms with E-state index in [4.69, 9.17) is 0 Å². The molecule has 3 heteroatoms. The van der Waals surface area contributed by atoms with Crippen molar-refractivity contribution in [3.05, 3.63) is 102 Å². The Labute approximate surface area is 346 Å². The number of benzene rings is 2. The molecule has 2 aromatic carbocycles. The standard InChI is InChI=1S/C45H66N2.2C3H7.Ni/c1-4-7-10-11-12-13-14-15-16-17-18-19-20-21-22-23-24-25-26-31-40-32-27-28-33-43(40)44-38-42(30-9-6-3)45(47(44)46)41-36-34-39(35-37-41)29-8-5-2;2*1-3-2;/h27-28,32-38H,4-23,26,29-31H2,1-3H3;2*1,3H2,2H3;/q;2*-1;+2. The summed E-state index contributed by atoms with van der Waals surface area (Å²) in [6.45, 7) is 17.8. The molecule has 2 aromatic rings. The van der Waals surface area contributed by atoms with Crippen LogP contribution in [0.2, 0.25) is 0 Å². The number of hydrogen-bond acceptors (Lipinski definition) is 0. The maximum Gasteiger partial charge on any atom is 2.00 e. The summed E-state index contributed by atoms with van der Waals surface area (Å²) in [5.74, 6) is 6.89. The summed E-state index contributed by atoms with van der Waals surface area (Å²) in [6, 6.07) is 17.4. The first kappa shape index (κ1) is 51.6. The molecular formula is C51H80N2Ni. The number of hydrogen-bond donors (Lipinski definition) is 0. The Balaban J connectivity index is 0.00000375. The van der Waals surface area contributed by atoms with Crippen molar-refractivity contribution in [1.29, 1.82) is 0 Å². The van der Waals surface area contributed by atoms with Crippen molar-refractivity contribution in [1.82, 2.24) is 0 Å². The van der Waals surface area contributed by atoms with Crippen LogP contribution in [-0.2, 0) is 29.3 Å². The fraction of sp³-hybridized carbons (Fsp3) is 0.608. The molecule has 0 fully saturated rings. The second-order valence-corrected chi connectivity index (χ2v) is 14.8. The van der Waals surface area contributed by atoms with Gasteiger partial charge in [-0.3, -0.25) is 0 Å². The van der Waals surface area contributed by atoms with Crippen molar-refractivity contribution in [2.24, 2.45) is 0 Å². The first-order valence-corrected chi connectivity index (χ1v) is 22.2. The van der Waals surface area contributed by atoms with E-state index in [9.17, 15) is 5.53 Å². The van der Waals surface area contributed by atoms with Crippen molar-refractivity contribution in [3.8, 4) is 11.8 Å². The average molecular weight is 780 g/mol. The van der Waals surface area contributed by atoms with Crippen LogP contribution in [0.15, 0.2) is 60.2 Å². The van der Waals surface area contributed by atoms with Crippen molar-refractivity contribution in [2.45, 2.75) is 202 Å². The topological polar surface area (TPSA) is 25.3 Å². The van der Waals surface area contributed by atoms with Gasteiger partial charge in [-0.25, -0.2) is 4.70 Å². The van der Waals surface area contributed by atoms with Gasteiger partial charge in [-0.05, 0) is 67.9 Å². The zero-order chi connectivity index (χ0) is 38.8. The van der Waals surface area contributed by atoms with E-state index in [-0.39, 0.29) is 16.5 Å². The van der Waals surface area contributed by atoms with Crippen LogP contribution in [0.4, 0.5) is 0 Å². The number of unbranched alkanes of at least 4 members (excludes halogenated alkanes) is 17. The van der Waals surface area contributed by atoms with Gasteiger partial charge in [0.1, 0.15) is 0 Å². The van der Waals surface area contributed by atoms with Gasteiger partial charge in [0.15, 0.2) is 0 Å². The third-order valence-electron chi connectivity index (χ3n) is 9.74. The molecule has 0 N–H and O–H groups in total. The number of aryl methyl sites for hydroxylation is 2. The minimum atomic E-state index is 0. The van der Waals surface area contributed by atoms with Gasteiger partial charge in [0.25, 0.3) is 0 Å². The van der Waals surface area contributed by atoms with E-state index in [1.54, 1.807) is 0 Å². The molecule has 0 aliphatic carbocycles. The van der Waals surface area contributed by atoms with Crippen molar-refractivity contribution in [3.63, 3.8) is 0 Å². The minimum absolute atomic E-state index is 0. The van der Waals surface area contributed by atoms with E-state index in [2.05, 4.69) is 101 Å². The molecule has 3 rings (SSSR count). The molecular weight excluding hydrogens is 699 g/mol. The van der Waals surface area contributed by atoms with Crippen molar-refractivity contribution in [2.75, 3.05) is 0 Å². The van der Waals surface area contributed by atoms with E-state index in [0.29, 0.717) is 0 Å². The summed E-state index contributed by atoms with van der Waals surface area (Å²) < 4.78 is 1.45. The van der Waals surface area contributed by atoms with Crippen molar-refractivity contribution >= 4 is 11.4 Å². The van der Waals surface area contributed by atoms with Crippen LogP contribution in [0, 0.1) is 25.7 Å². The molecule has 0 atom stereocenters. The van der Waals surface area contributed by atoms with Gasteiger partial charge in [0.05, 0.1) is 0 Å². The maximum absolute atomic E-state index is 11.6. The summed E-state index contributed by atoms with van der Waals surface area (Å²) in [7, 11) is 0. The van der Waals surface area contributed by atoms with E-state index < -0.39 is 0 Å². The fourth-order valence-corrected chi connectivity index (χ4v) is 6.77. The van der Waals surface area contributed by atoms with Crippen LogP contribution in [-0.4, -0.2) is 4.70 Å². The molecule has 1 heterocycles. The van der Waals surface area contributed by atoms with Gasteiger partial charge < -0.3 is 19.4 Å². The molecule has 54 heavy (non-hydrogen) atoms. The van der Waals surface area contributed by atoms with Gasteiger partial charge in [-0.15, -0.1) is 11.8 Å². The molecule has 0 saturated heterocycles. The fourth-order valence-electron chi connectivity index (χ4n) is 6.77. The monoisotopic (exact) mass is 779 g/mol. The maximum atomic E-state index is 11.6. The molecule has 304 valence electrons. The summed E-state index contributed by atoms with van der Waals surface area (Å²) in [5, 5.41) is 0. The first-order valence-electron chi connectivity index (χ1n) is 22.2. The number of nitrogens with zero attached hydrogens (tertiary/aromatic N) is 2. The normalized spacial score (nSPS) is 11.8. The molecule has 0 unspecified atom stereocenters. The minimum Gasteiger partial charge on any atom is -0.493 e. The third-order valence-corrected chi connectivity index (χ3v) is 9.74. The molecule has 0 radical (unpaired) electrons. The van der Waals surface area contributed by atoms with E-state index >= 15 is 0 Å². The summed E-state index contributed by atoms with van der Waals surface area (Å²) in [6.07, 6.45) is 34.7. The summed E-state index contributed by atoms with van der Waals surface area (Å²) in [4.78, 5) is 0. The molecule has 0 spiro atoms. The molecule has 0 aromatic heterocycles. The molecule has 1 aliphatic rings. The van der Waals surface area contributed by atoms with Crippen LogP contribution >= 0.6 is 0 Å².